The molecule has 3 N–H and O–H groups in total. The van der Waals surface area contributed by atoms with Crippen LogP contribution in [-0.2, 0) is 0 Å². The monoisotopic (exact) mass is 408 g/mol. The summed E-state index contributed by atoms with van der Waals surface area (Å²) in [4.78, 5) is 14.3. The first-order chi connectivity index (χ1) is 12.4. The first-order valence-electron chi connectivity index (χ1n) is 8.69. The standard InChI is InChI=1S/C19H21FN4OS.ClH/c1-11-15-9-16(17(25)22-19(2,10-21)12-3-4-12)26-18(15)24(23-11)14-7-5-13(20)6-8-14;/h5-9,12H,3-4,10,21H2,1-2H3,(H,22,25);1H. The van der Waals surface area contributed by atoms with Crippen LogP contribution < -0.4 is 11.1 Å². The van der Waals surface area contributed by atoms with E-state index in [0.29, 0.717) is 17.3 Å². The molecule has 1 aliphatic carbocycles. The summed E-state index contributed by atoms with van der Waals surface area (Å²) in [5.74, 6) is 0.0691. The highest BCUT2D eigenvalue weighted by Gasteiger charge is 2.41. The first-order valence-corrected chi connectivity index (χ1v) is 9.50. The number of amides is 1. The number of aryl methyl sites for hydroxylation is 1. The topological polar surface area (TPSA) is 72.9 Å². The molecule has 1 atom stereocenters. The molecule has 2 heterocycles. The van der Waals surface area contributed by atoms with E-state index in [0.717, 1.165) is 34.4 Å². The highest BCUT2D eigenvalue weighted by Crippen LogP contribution is 2.39. The fourth-order valence-corrected chi connectivity index (χ4v) is 4.36. The number of rotatable bonds is 5. The molecule has 0 aliphatic heterocycles. The zero-order chi connectivity index (χ0) is 18.5. The number of hydrogen-bond acceptors (Lipinski definition) is 4. The van der Waals surface area contributed by atoms with Crippen molar-refractivity contribution in [1.82, 2.24) is 15.1 Å². The largest absolute Gasteiger partial charge is 0.345 e. The van der Waals surface area contributed by atoms with Gasteiger partial charge < -0.3 is 11.1 Å². The van der Waals surface area contributed by atoms with Crippen LogP contribution in [0.2, 0.25) is 0 Å². The van der Waals surface area contributed by atoms with Gasteiger partial charge in [-0.2, -0.15) is 5.10 Å². The molecule has 8 heteroatoms. The van der Waals surface area contributed by atoms with Gasteiger partial charge in [0.15, 0.2) is 0 Å². The Morgan fingerprint density at radius 3 is 2.67 bits per heavy atom. The Balaban J connectivity index is 0.00000210. The average molecular weight is 409 g/mol. The number of nitrogens with two attached hydrogens (primary N) is 1. The van der Waals surface area contributed by atoms with Crippen molar-refractivity contribution in [2.75, 3.05) is 6.54 Å². The van der Waals surface area contributed by atoms with Gasteiger partial charge >= 0.3 is 0 Å². The van der Waals surface area contributed by atoms with E-state index in [-0.39, 0.29) is 29.7 Å². The molecule has 144 valence electrons. The van der Waals surface area contributed by atoms with E-state index in [2.05, 4.69) is 10.4 Å². The zero-order valence-corrected chi connectivity index (χ0v) is 16.8. The lowest BCUT2D eigenvalue weighted by Crippen LogP contribution is -2.53. The smallest absolute Gasteiger partial charge is 0.261 e. The second-order valence-electron chi connectivity index (χ2n) is 7.15. The molecule has 0 spiro atoms. The molecule has 1 amide bonds. The zero-order valence-electron chi connectivity index (χ0n) is 15.2. The van der Waals surface area contributed by atoms with E-state index in [9.17, 15) is 9.18 Å². The van der Waals surface area contributed by atoms with Crippen molar-refractivity contribution in [1.29, 1.82) is 0 Å². The number of carbonyl (C=O) groups is 1. The predicted molar refractivity (Wildman–Crippen MR) is 109 cm³/mol. The summed E-state index contributed by atoms with van der Waals surface area (Å²) in [6.45, 7) is 4.35. The van der Waals surface area contributed by atoms with Crippen LogP contribution >= 0.6 is 23.7 Å². The molecule has 1 fully saturated rings. The van der Waals surface area contributed by atoms with E-state index < -0.39 is 0 Å². The summed E-state index contributed by atoms with van der Waals surface area (Å²) < 4.78 is 15.0. The Morgan fingerprint density at radius 1 is 1.41 bits per heavy atom. The normalized spacial score (nSPS) is 16.0. The van der Waals surface area contributed by atoms with Gasteiger partial charge in [0.25, 0.3) is 5.91 Å². The van der Waals surface area contributed by atoms with Crippen molar-refractivity contribution in [2.45, 2.75) is 32.2 Å². The van der Waals surface area contributed by atoms with Gasteiger partial charge in [-0.15, -0.1) is 23.7 Å². The molecule has 1 aromatic carbocycles. The fourth-order valence-electron chi connectivity index (χ4n) is 3.28. The third kappa shape index (κ3) is 3.59. The number of halogens is 2. The number of fused-ring (bicyclic) bond motifs is 1. The van der Waals surface area contributed by atoms with Crippen LogP contribution in [-0.4, -0.2) is 27.8 Å². The molecule has 0 radical (unpaired) electrons. The van der Waals surface area contributed by atoms with E-state index in [1.165, 1.54) is 23.5 Å². The van der Waals surface area contributed by atoms with Gasteiger partial charge in [-0.25, -0.2) is 9.07 Å². The van der Waals surface area contributed by atoms with Crippen LogP contribution in [0.1, 0.15) is 35.1 Å². The molecule has 27 heavy (non-hydrogen) atoms. The molecule has 5 nitrogen and oxygen atoms in total. The SMILES string of the molecule is Cc1nn(-c2ccc(F)cc2)c2sc(C(=O)NC(C)(CN)C3CC3)cc12.Cl. The van der Waals surface area contributed by atoms with Crippen LogP contribution in [0.5, 0.6) is 0 Å². The maximum absolute atomic E-state index is 13.2. The number of aromatic nitrogens is 2. The fraction of sp³-hybridized carbons (Fsp3) is 0.368. The Hall–Kier alpha value is -1.96. The number of nitrogens with zero attached hydrogens (tertiary/aromatic N) is 2. The Kier molecular flexibility index (Phi) is 5.29. The average Bonchev–Trinajstić information content (AvgIpc) is 3.32. The van der Waals surface area contributed by atoms with Gasteiger partial charge in [0.1, 0.15) is 10.6 Å². The number of thiophene rings is 1. The second-order valence-corrected chi connectivity index (χ2v) is 8.18. The first kappa shape index (κ1) is 19.8. The molecule has 3 aromatic rings. The van der Waals surface area contributed by atoms with E-state index in [1.807, 2.05) is 19.9 Å². The second kappa shape index (κ2) is 7.22. The molecule has 1 unspecified atom stereocenters. The molecular formula is C19H22ClFN4OS. The van der Waals surface area contributed by atoms with Crippen LogP contribution in [0.25, 0.3) is 15.9 Å². The van der Waals surface area contributed by atoms with Gasteiger partial charge in [-0.1, -0.05) is 0 Å². The maximum atomic E-state index is 13.2. The third-order valence-electron chi connectivity index (χ3n) is 5.14. The molecule has 2 aromatic heterocycles. The minimum atomic E-state index is -0.356. The van der Waals surface area contributed by atoms with Gasteiger partial charge in [-0.05, 0) is 62.9 Å². The Labute approximate surface area is 167 Å². The van der Waals surface area contributed by atoms with Gasteiger partial charge in [0, 0.05) is 11.9 Å². The van der Waals surface area contributed by atoms with Crippen molar-refractivity contribution in [3.8, 4) is 5.69 Å². The number of hydrogen-bond donors (Lipinski definition) is 2. The number of benzene rings is 1. The lowest BCUT2D eigenvalue weighted by Gasteiger charge is -2.29. The molecule has 4 rings (SSSR count). The summed E-state index contributed by atoms with van der Waals surface area (Å²) in [5, 5.41) is 8.59. The molecule has 1 saturated carbocycles. The highest BCUT2D eigenvalue weighted by molar-refractivity contribution is 7.20. The van der Waals surface area contributed by atoms with E-state index in [1.54, 1.807) is 16.8 Å². The Bertz CT molecular complexity index is 980. The Morgan fingerprint density at radius 2 is 2.07 bits per heavy atom. The highest BCUT2D eigenvalue weighted by atomic mass is 35.5. The van der Waals surface area contributed by atoms with Crippen molar-refractivity contribution >= 4 is 39.9 Å². The van der Waals surface area contributed by atoms with Gasteiger partial charge in [-0.3, -0.25) is 4.79 Å². The van der Waals surface area contributed by atoms with E-state index >= 15 is 0 Å². The van der Waals surface area contributed by atoms with Crippen LogP contribution in [0, 0.1) is 18.7 Å². The summed E-state index contributed by atoms with van der Waals surface area (Å²) in [6, 6.07) is 8.05. The molecule has 0 bridgehead atoms. The third-order valence-corrected chi connectivity index (χ3v) is 6.25. The van der Waals surface area contributed by atoms with Crippen molar-refractivity contribution in [2.24, 2.45) is 11.7 Å². The minimum absolute atomic E-state index is 0. The summed E-state index contributed by atoms with van der Waals surface area (Å²) in [5.41, 5.74) is 7.16. The van der Waals surface area contributed by atoms with Crippen LogP contribution in [0.4, 0.5) is 4.39 Å². The van der Waals surface area contributed by atoms with Crippen LogP contribution in [0.15, 0.2) is 30.3 Å². The predicted octanol–water partition coefficient (Wildman–Crippen LogP) is 3.81. The minimum Gasteiger partial charge on any atom is -0.345 e. The van der Waals surface area contributed by atoms with Crippen LogP contribution in [0.3, 0.4) is 0 Å². The number of nitrogens with one attached hydrogen (secondary N) is 1. The lowest BCUT2D eigenvalue weighted by atomic mass is 9.96. The summed E-state index contributed by atoms with van der Waals surface area (Å²) in [6.07, 6.45) is 2.22. The summed E-state index contributed by atoms with van der Waals surface area (Å²) in [7, 11) is 0. The maximum Gasteiger partial charge on any atom is 0.261 e. The van der Waals surface area contributed by atoms with Crippen molar-refractivity contribution in [3.63, 3.8) is 0 Å². The summed E-state index contributed by atoms with van der Waals surface area (Å²) >= 11 is 1.39. The molecular weight excluding hydrogens is 387 g/mol. The van der Waals surface area contributed by atoms with Gasteiger partial charge in [0.05, 0.1) is 21.8 Å². The van der Waals surface area contributed by atoms with Gasteiger partial charge in [0.2, 0.25) is 0 Å². The van der Waals surface area contributed by atoms with E-state index in [4.69, 9.17) is 5.73 Å². The molecule has 1 aliphatic rings. The lowest BCUT2D eigenvalue weighted by molar-refractivity contribution is 0.0902. The van der Waals surface area contributed by atoms with Crippen molar-refractivity contribution < 1.29 is 9.18 Å². The molecule has 0 saturated heterocycles. The van der Waals surface area contributed by atoms with Crippen molar-refractivity contribution in [3.05, 3.63) is 46.7 Å². The number of carbonyl (C=O) groups excluding carboxylic acids is 1. The quantitative estimate of drug-likeness (QED) is 0.674.